The zero-order valence-corrected chi connectivity index (χ0v) is 27.3. The lowest BCUT2D eigenvalue weighted by molar-refractivity contribution is -0.127. The molecule has 244 valence electrons. The summed E-state index contributed by atoms with van der Waals surface area (Å²) in [5, 5.41) is 8.97. The van der Waals surface area contributed by atoms with Gasteiger partial charge in [0, 0.05) is 21.9 Å². The molecule has 2 aliphatic rings. The molecule has 0 radical (unpaired) electrons. The van der Waals surface area contributed by atoms with Crippen molar-refractivity contribution in [3.8, 4) is 0 Å². The molecule has 3 amide bonds. The molecule has 0 aromatic heterocycles. The van der Waals surface area contributed by atoms with Gasteiger partial charge in [-0.2, -0.15) is 0 Å². The monoisotopic (exact) mass is 641 g/mol. The minimum atomic E-state index is -0.973. The number of ether oxygens (including phenoxy) is 1. The Morgan fingerprint density at radius 1 is 1.09 bits per heavy atom. The van der Waals surface area contributed by atoms with Crippen molar-refractivity contribution in [3.05, 3.63) is 70.5 Å². The van der Waals surface area contributed by atoms with Gasteiger partial charge in [-0.1, -0.05) is 81.8 Å². The van der Waals surface area contributed by atoms with Crippen LogP contribution in [0.4, 0.5) is 9.18 Å². The van der Waals surface area contributed by atoms with E-state index in [9.17, 15) is 23.6 Å². The summed E-state index contributed by atoms with van der Waals surface area (Å²) >= 11 is 6.29. The first-order chi connectivity index (χ1) is 21.3. The third kappa shape index (κ3) is 9.28. The fraction of sp³-hybridized carbons (Fsp3) is 0.543. The molecule has 4 atom stereocenters. The van der Waals surface area contributed by atoms with Gasteiger partial charge in [0.1, 0.15) is 24.2 Å². The predicted octanol–water partition coefficient (Wildman–Crippen LogP) is 6.55. The number of hydrogen-bond acceptors (Lipinski definition) is 5. The highest BCUT2D eigenvalue weighted by atomic mass is 35.5. The fourth-order valence-corrected chi connectivity index (χ4v) is 6.93. The molecule has 4 rings (SSSR count). The molecular weight excluding hydrogens is 597 g/mol. The van der Waals surface area contributed by atoms with Crippen LogP contribution < -0.4 is 16.0 Å². The number of amides is 3. The molecule has 1 aliphatic heterocycles. The van der Waals surface area contributed by atoms with Crippen LogP contribution in [0.1, 0.15) is 96.3 Å². The van der Waals surface area contributed by atoms with Crippen LogP contribution >= 0.6 is 11.6 Å². The predicted molar refractivity (Wildman–Crippen MR) is 171 cm³/mol. The van der Waals surface area contributed by atoms with Crippen molar-refractivity contribution < 1.29 is 28.3 Å². The Balaban J connectivity index is 1.54. The maximum Gasteiger partial charge on any atom is 0.408 e. The molecule has 1 saturated heterocycles. The quantitative estimate of drug-likeness (QED) is 0.228. The van der Waals surface area contributed by atoms with Crippen LogP contribution in [-0.2, 0) is 24.5 Å². The highest BCUT2D eigenvalue weighted by molar-refractivity contribution is 6.30. The topological polar surface area (TPSA) is 114 Å². The second kappa shape index (κ2) is 14.8. The molecule has 45 heavy (non-hydrogen) atoms. The minimum Gasteiger partial charge on any atom is -0.440 e. The van der Waals surface area contributed by atoms with E-state index in [0.29, 0.717) is 29.7 Å². The average Bonchev–Trinajstić information content (AvgIpc) is 3.25. The van der Waals surface area contributed by atoms with Crippen LogP contribution in [-0.4, -0.2) is 41.8 Å². The van der Waals surface area contributed by atoms with Crippen molar-refractivity contribution in [2.75, 3.05) is 0 Å². The summed E-state index contributed by atoms with van der Waals surface area (Å²) in [5.74, 6) is -1.33. The third-order valence-corrected chi connectivity index (χ3v) is 9.36. The fourth-order valence-electron chi connectivity index (χ4n) is 6.74. The average molecular weight is 642 g/mol. The molecule has 8 nitrogen and oxygen atoms in total. The molecule has 2 aromatic rings. The summed E-state index contributed by atoms with van der Waals surface area (Å²) < 4.78 is 20.4. The van der Waals surface area contributed by atoms with Crippen LogP contribution in [0.25, 0.3) is 0 Å². The second-order valence-corrected chi connectivity index (χ2v) is 14.2. The molecule has 10 heteroatoms. The second-order valence-electron chi connectivity index (χ2n) is 13.8. The van der Waals surface area contributed by atoms with Crippen molar-refractivity contribution in [3.63, 3.8) is 0 Å². The van der Waals surface area contributed by atoms with Gasteiger partial charge in [0.05, 0.1) is 6.04 Å². The Morgan fingerprint density at radius 3 is 2.42 bits per heavy atom. The SMILES string of the molecule is CC1(C)CC(CC(C=O)NC(=O)[C@H](CC2CCCCC2)NC(=O)OC(c2cccc(F)c2)C(C)(C)c2cccc(Cl)c2)C(=O)N1. The van der Waals surface area contributed by atoms with Crippen LogP contribution in [0.15, 0.2) is 48.5 Å². The van der Waals surface area contributed by atoms with Crippen LogP contribution in [0.3, 0.4) is 0 Å². The smallest absolute Gasteiger partial charge is 0.408 e. The summed E-state index contributed by atoms with van der Waals surface area (Å²) in [4.78, 5) is 51.8. The Bertz CT molecular complexity index is 1380. The largest absolute Gasteiger partial charge is 0.440 e. The number of halogens is 2. The number of nitrogens with one attached hydrogen (secondary N) is 3. The lowest BCUT2D eigenvalue weighted by atomic mass is 9.76. The number of benzene rings is 2. The molecule has 2 fully saturated rings. The number of aldehydes is 1. The van der Waals surface area contributed by atoms with Gasteiger partial charge in [0.15, 0.2) is 0 Å². The van der Waals surface area contributed by atoms with E-state index in [1.165, 1.54) is 12.1 Å². The van der Waals surface area contributed by atoms with Gasteiger partial charge in [0.2, 0.25) is 11.8 Å². The van der Waals surface area contributed by atoms with Gasteiger partial charge in [-0.05, 0) is 74.4 Å². The number of hydrogen-bond donors (Lipinski definition) is 3. The number of carbonyl (C=O) groups is 4. The molecule has 1 heterocycles. The molecule has 0 spiro atoms. The number of carbonyl (C=O) groups excluding carboxylic acids is 4. The van der Waals surface area contributed by atoms with Crippen LogP contribution in [0.5, 0.6) is 0 Å². The molecular formula is C35H45ClFN3O5. The summed E-state index contributed by atoms with van der Waals surface area (Å²) in [6.45, 7) is 7.59. The molecule has 3 unspecified atom stereocenters. The van der Waals surface area contributed by atoms with E-state index in [0.717, 1.165) is 37.7 Å². The normalized spacial score (nSPS) is 20.4. The molecule has 1 saturated carbocycles. The first kappa shape index (κ1) is 34.4. The number of alkyl carbamates (subject to hydrolysis) is 1. The molecule has 2 aromatic carbocycles. The lowest BCUT2D eigenvalue weighted by Crippen LogP contribution is -2.52. The van der Waals surface area contributed by atoms with Crippen molar-refractivity contribution in [2.24, 2.45) is 11.8 Å². The standard InChI is InChI=1S/C35H45ClFN3O5/c1-34(2)20-24(31(42)40-34)18-28(21-41)38-32(43)29(16-22-10-6-5-7-11-22)39-33(44)45-30(23-12-8-15-27(37)17-23)35(3,4)25-13-9-14-26(36)19-25/h8-9,12-15,17,19,21-22,24,28-30H,5-7,10-11,16,18,20H2,1-4H3,(H,38,43)(H,39,44)(H,40,42)/t24?,28?,29-,30?/m0/s1. The van der Waals surface area contributed by atoms with Gasteiger partial charge in [-0.25, -0.2) is 9.18 Å². The highest BCUT2D eigenvalue weighted by Gasteiger charge is 2.40. The third-order valence-electron chi connectivity index (χ3n) is 9.12. The van der Waals surface area contributed by atoms with E-state index in [1.54, 1.807) is 30.3 Å². The van der Waals surface area contributed by atoms with Crippen molar-refractivity contribution >= 4 is 35.8 Å². The van der Waals surface area contributed by atoms with E-state index in [1.807, 2.05) is 33.8 Å². The highest BCUT2D eigenvalue weighted by Crippen LogP contribution is 2.41. The van der Waals surface area contributed by atoms with Crippen LogP contribution in [0, 0.1) is 17.7 Å². The summed E-state index contributed by atoms with van der Waals surface area (Å²) in [5.41, 5.74) is 0.00392. The van der Waals surface area contributed by atoms with Gasteiger partial charge >= 0.3 is 6.09 Å². The van der Waals surface area contributed by atoms with E-state index < -0.39 is 47.3 Å². The van der Waals surface area contributed by atoms with Gasteiger partial charge in [-0.3, -0.25) is 9.59 Å². The molecule has 1 aliphatic carbocycles. The van der Waals surface area contributed by atoms with Gasteiger partial charge in [0.25, 0.3) is 0 Å². The Kier molecular flexibility index (Phi) is 11.3. The number of rotatable bonds is 12. The summed E-state index contributed by atoms with van der Waals surface area (Å²) in [6.07, 6.45) is 5.05. The van der Waals surface area contributed by atoms with E-state index in [4.69, 9.17) is 16.3 Å². The maximum atomic E-state index is 14.4. The Labute approximate surface area is 270 Å². The zero-order valence-electron chi connectivity index (χ0n) is 26.5. The molecule has 3 N–H and O–H groups in total. The Hall–Kier alpha value is -3.46. The van der Waals surface area contributed by atoms with Crippen molar-refractivity contribution in [1.82, 2.24) is 16.0 Å². The minimum absolute atomic E-state index is 0.146. The summed E-state index contributed by atoms with van der Waals surface area (Å²) in [6, 6.07) is 11.2. The first-order valence-electron chi connectivity index (χ1n) is 15.8. The first-order valence-corrected chi connectivity index (χ1v) is 16.2. The Morgan fingerprint density at radius 2 is 1.80 bits per heavy atom. The van der Waals surface area contributed by atoms with Crippen molar-refractivity contribution in [2.45, 2.75) is 108 Å². The molecule has 0 bridgehead atoms. The zero-order chi connectivity index (χ0) is 32.8. The summed E-state index contributed by atoms with van der Waals surface area (Å²) in [7, 11) is 0. The van der Waals surface area contributed by atoms with E-state index in [-0.39, 0.29) is 23.8 Å². The van der Waals surface area contributed by atoms with Gasteiger partial charge in [-0.15, -0.1) is 0 Å². The van der Waals surface area contributed by atoms with Gasteiger partial charge < -0.3 is 25.5 Å². The lowest BCUT2D eigenvalue weighted by Gasteiger charge is -2.35. The van der Waals surface area contributed by atoms with Crippen molar-refractivity contribution in [1.29, 1.82) is 0 Å². The van der Waals surface area contributed by atoms with Crippen LogP contribution in [0.2, 0.25) is 5.02 Å². The van der Waals surface area contributed by atoms with E-state index in [2.05, 4.69) is 16.0 Å². The van der Waals surface area contributed by atoms with E-state index >= 15 is 0 Å². The maximum absolute atomic E-state index is 14.4.